The van der Waals surface area contributed by atoms with Crippen LogP contribution in [0.1, 0.15) is 121 Å². The zero-order chi connectivity index (χ0) is 45.3. The number of hydrogen-bond donors (Lipinski definition) is 0. The molecule has 0 aliphatic carbocycles. The van der Waals surface area contributed by atoms with Crippen molar-refractivity contribution in [2.24, 2.45) is 0 Å². The zero-order valence-corrected chi connectivity index (χ0v) is 35.0. The van der Waals surface area contributed by atoms with E-state index in [4.69, 9.17) is 0 Å². The molecule has 0 rings (SSSR count). The molecule has 0 fully saturated rings. The number of carboxylic acids is 3. The first kappa shape index (κ1) is 68.7. The van der Waals surface area contributed by atoms with Gasteiger partial charge < -0.3 is 43.9 Å². The fraction of sp³-hybridized carbons (Fsp3) is 0.600. The number of ketones is 8. The van der Waals surface area contributed by atoms with Crippen molar-refractivity contribution >= 4 is 99.4 Å². The molecular weight excluding hydrogens is 767 g/mol. The van der Waals surface area contributed by atoms with Crippen LogP contribution < -0.4 is 15.3 Å². The molecule has 0 aromatic rings. The molecule has 0 aliphatic heterocycles. The molecule has 0 spiro atoms. The van der Waals surface area contributed by atoms with Gasteiger partial charge in [0.25, 0.3) is 0 Å². The molecule has 0 radical (unpaired) electrons. The Morgan fingerprint density at radius 1 is 0.304 bits per heavy atom. The van der Waals surface area contributed by atoms with Crippen LogP contribution in [0.25, 0.3) is 0 Å². The van der Waals surface area contributed by atoms with Gasteiger partial charge in [0.2, 0.25) is 0 Å². The molecule has 0 bridgehead atoms. The van der Waals surface area contributed by atoms with Gasteiger partial charge in [-0.05, 0) is 76.2 Å². The maximum absolute atomic E-state index is 10.4. The predicted molar refractivity (Wildman–Crippen MR) is 188 cm³/mol. The predicted octanol–water partition coefficient (Wildman–Crippen LogP) is -2.09. The molecule has 0 amide bonds. The Labute approximate surface area is 336 Å². The van der Waals surface area contributed by atoms with Crippen LogP contribution in [0.3, 0.4) is 0 Å². The molecule has 56 heavy (non-hydrogen) atoms. The summed E-state index contributed by atoms with van der Waals surface area (Å²) in [5, 5.41) is 28.4. The quantitative estimate of drug-likeness (QED) is 0.0656. The Hall–Kier alpha value is -5.29. The van der Waals surface area contributed by atoms with Gasteiger partial charge in [-0.15, -0.1) is 0 Å². The van der Waals surface area contributed by atoms with E-state index in [2.05, 4.69) is 14.2 Å². The molecule has 0 saturated heterocycles. The van der Waals surface area contributed by atoms with Gasteiger partial charge in [-0.3, -0.25) is 52.7 Å². The summed E-state index contributed by atoms with van der Waals surface area (Å²) >= 11 is 0. The summed E-state index contributed by atoms with van der Waals surface area (Å²) in [6, 6.07) is 0. The number of ether oxygens (including phenoxy) is 3. The first-order valence-electron chi connectivity index (χ1n) is 16.0. The third-order valence-corrected chi connectivity index (χ3v) is 3.77. The first-order chi connectivity index (χ1) is 25.0. The topological polar surface area (TPSA) is 336 Å². The average molecular weight is 821 g/mol. The largest absolute Gasteiger partial charge is 3.00 e. The molecule has 0 N–H and O–H groups in total. The molecule has 316 valence electrons. The Morgan fingerprint density at radius 3 is 0.500 bits per heavy atom. The van der Waals surface area contributed by atoms with Crippen LogP contribution in [0.5, 0.6) is 0 Å². The van der Waals surface area contributed by atoms with Crippen LogP contribution in [0.2, 0.25) is 0 Å². The van der Waals surface area contributed by atoms with Gasteiger partial charge in [0.15, 0.2) is 0 Å². The van der Waals surface area contributed by atoms with Crippen LogP contribution in [0.4, 0.5) is 0 Å². The number of hydrogen-bond acceptors (Lipinski definition) is 20. The van der Waals surface area contributed by atoms with E-state index >= 15 is 0 Å². The zero-order valence-electron chi connectivity index (χ0n) is 33.8. The number of esters is 3. The number of rotatable bonds is 17. The van der Waals surface area contributed by atoms with E-state index in [0.29, 0.717) is 19.8 Å². The third kappa shape index (κ3) is 110. The number of carbonyl (C=O) groups is 14. The molecule has 0 atom stereocenters. The number of carboxylic acid groups (broad SMARTS) is 3. The van der Waals surface area contributed by atoms with Gasteiger partial charge in [-0.2, -0.15) is 0 Å². The van der Waals surface area contributed by atoms with Crippen LogP contribution in [-0.2, 0) is 81.3 Å². The second kappa shape index (κ2) is 47.7. The molecular formula is C35H53AlO20. The van der Waals surface area contributed by atoms with Gasteiger partial charge in [0.05, 0.1) is 26.2 Å². The van der Waals surface area contributed by atoms with Crippen LogP contribution in [0, 0.1) is 0 Å². The summed E-state index contributed by atoms with van der Waals surface area (Å²) in [6.07, 6.45) is -1.64. The molecule has 20 nitrogen and oxygen atoms in total. The van der Waals surface area contributed by atoms with E-state index in [-0.39, 0.29) is 89.3 Å². The molecule has 0 aromatic heterocycles. The maximum atomic E-state index is 10.4. The molecule has 0 saturated carbocycles. The van der Waals surface area contributed by atoms with E-state index in [9.17, 15) is 82.4 Å². The summed E-state index contributed by atoms with van der Waals surface area (Å²) in [6.45, 7) is 16.6. The summed E-state index contributed by atoms with van der Waals surface area (Å²) < 4.78 is 13.5. The Kier molecular flexibility index (Phi) is 58.6. The third-order valence-electron chi connectivity index (χ3n) is 3.77. The smallest absolute Gasteiger partial charge is 0.550 e. The van der Waals surface area contributed by atoms with Crippen molar-refractivity contribution in [2.75, 3.05) is 19.8 Å². The Balaban J connectivity index is -0.0000000800. The number of Topliss-reactive ketones (excluding diaryl/α,β-unsaturated/α-hetero) is 8. The van der Waals surface area contributed by atoms with E-state index < -0.39 is 55.1 Å². The fourth-order valence-corrected chi connectivity index (χ4v) is 2.21. The van der Waals surface area contributed by atoms with Crippen molar-refractivity contribution < 1.29 is 96.7 Å². The van der Waals surface area contributed by atoms with Crippen molar-refractivity contribution in [2.45, 2.75) is 121 Å². The van der Waals surface area contributed by atoms with Gasteiger partial charge in [-0.1, -0.05) is 0 Å². The molecule has 21 heteroatoms. The minimum atomic E-state index is -1.31. The van der Waals surface area contributed by atoms with Gasteiger partial charge >= 0.3 is 35.3 Å². The SMILES string of the molecule is CC(=O)CC(=O)[O-].CC(=O)CC(=O)[O-].CC(=O)CC(=O)[O-].CC(=O)CC(C)=O.CCOC(=O)CC(C)=O.CCOC(=O)CC(C)=O.CCOC(=O)CC(C)=O.[Al+3]. The van der Waals surface area contributed by atoms with Crippen molar-refractivity contribution in [3.05, 3.63) is 0 Å². The summed E-state index contributed by atoms with van der Waals surface area (Å²) in [5.41, 5.74) is 0. The van der Waals surface area contributed by atoms with Crippen molar-refractivity contribution in [3.8, 4) is 0 Å². The van der Waals surface area contributed by atoms with Gasteiger partial charge in [0, 0.05) is 37.2 Å². The second-order valence-corrected chi connectivity index (χ2v) is 10.4. The van der Waals surface area contributed by atoms with Crippen molar-refractivity contribution in [1.29, 1.82) is 0 Å². The molecule has 0 aliphatic rings. The summed E-state index contributed by atoms with van der Waals surface area (Å²) in [5.74, 6) is -6.98. The summed E-state index contributed by atoms with van der Waals surface area (Å²) in [4.78, 5) is 140. The maximum Gasteiger partial charge on any atom is 3.00 e. The van der Waals surface area contributed by atoms with Gasteiger partial charge in [0.1, 0.15) is 65.5 Å². The van der Waals surface area contributed by atoms with E-state index in [0.717, 1.165) is 0 Å². The first-order valence-corrected chi connectivity index (χ1v) is 16.0. The molecule has 0 unspecified atom stereocenters. The minimum absolute atomic E-state index is 0. The van der Waals surface area contributed by atoms with Crippen LogP contribution in [0.15, 0.2) is 0 Å². The van der Waals surface area contributed by atoms with E-state index in [1.165, 1.54) is 55.4 Å². The van der Waals surface area contributed by atoms with Crippen LogP contribution in [-0.4, -0.2) is 119 Å². The minimum Gasteiger partial charge on any atom is -0.550 e. The summed E-state index contributed by atoms with van der Waals surface area (Å²) in [7, 11) is 0. The standard InChI is InChI=1S/3C6H10O3.C5H8O2.3C4H6O3.Al/c3*1-3-9-6(8)4-5(2)7;1-4(6)3-5(2)7;3*1-3(5)2-4(6)7;/h3*3-4H2,1-2H3;3H2,1-2H3;3*2H2,1H3,(H,6,7);/q;;;;;;;+3/p-3. The Bertz CT molecular complexity index is 1060. The number of aliphatic carboxylic acids is 3. The molecule has 0 aromatic carbocycles. The van der Waals surface area contributed by atoms with E-state index in [1.807, 2.05) is 0 Å². The number of carbonyl (C=O) groups excluding carboxylic acids is 14. The average Bonchev–Trinajstić information content (AvgIpc) is 2.91. The fourth-order valence-electron chi connectivity index (χ4n) is 2.21. The van der Waals surface area contributed by atoms with E-state index in [1.54, 1.807) is 20.8 Å². The monoisotopic (exact) mass is 820 g/mol. The normalized spacial score (nSPS) is 8.27. The van der Waals surface area contributed by atoms with Gasteiger partial charge in [-0.25, -0.2) is 0 Å². The van der Waals surface area contributed by atoms with Crippen LogP contribution >= 0.6 is 0 Å². The van der Waals surface area contributed by atoms with Crippen molar-refractivity contribution in [3.63, 3.8) is 0 Å². The Morgan fingerprint density at radius 2 is 0.446 bits per heavy atom. The second-order valence-electron chi connectivity index (χ2n) is 10.4. The molecule has 0 heterocycles. The van der Waals surface area contributed by atoms with Crippen molar-refractivity contribution in [1.82, 2.24) is 0 Å².